The molecular formula is C16H23ClN2O2. The van der Waals surface area contributed by atoms with E-state index in [1.807, 2.05) is 39.8 Å². The molecule has 116 valence electrons. The van der Waals surface area contributed by atoms with E-state index in [2.05, 4.69) is 5.32 Å². The van der Waals surface area contributed by atoms with Gasteiger partial charge < -0.3 is 10.2 Å². The highest BCUT2D eigenvalue weighted by Gasteiger charge is 2.21. The number of anilines is 1. The molecule has 0 heterocycles. The highest BCUT2D eigenvalue weighted by molar-refractivity contribution is 6.30. The van der Waals surface area contributed by atoms with Crippen molar-refractivity contribution in [3.63, 3.8) is 0 Å². The van der Waals surface area contributed by atoms with Crippen molar-refractivity contribution in [1.82, 2.24) is 5.32 Å². The van der Waals surface area contributed by atoms with E-state index in [9.17, 15) is 9.59 Å². The smallest absolute Gasteiger partial charge is 0.225 e. The van der Waals surface area contributed by atoms with Gasteiger partial charge in [0.15, 0.2) is 0 Å². The zero-order valence-electron chi connectivity index (χ0n) is 13.3. The first-order valence-electron chi connectivity index (χ1n) is 6.95. The quantitative estimate of drug-likeness (QED) is 0.928. The zero-order chi connectivity index (χ0) is 16.2. The second-order valence-electron chi connectivity index (χ2n) is 6.11. The molecule has 5 heteroatoms. The molecule has 1 aromatic rings. The molecule has 0 spiro atoms. The third-order valence-electron chi connectivity index (χ3n) is 3.13. The fraction of sp³-hybridized carbons (Fsp3) is 0.500. The van der Waals surface area contributed by atoms with Crippen LogP contribution in [-0.2, 0) is 9.59 Å². The summed E-state index contributed by atoms with van der Waals surface area (Å²) in [6, 6.07) is 5.40. The summed E-state index contributed by atoms with van der Waals surface area (Å²) in [7, 11) is 0. The SMILES string of the molecule is CC(=O)N(CCNC(=O)C(C)(C)C)c1ccc(Cl)cc1C. The molecule has 0 saturated heterocycles. The number of hydrogen-bond acceptors (Lipinski definition) is 2. The van der Waals surface area contributed by atoms with E-state index in [-0.39, 0.29) is 11.8 Å². The lowest BCUT2D eigenvalue weighted by Crippen LogP contribution is -2.41. The lowest BCUT2D eigenvalue weighted by atomic mass is 9.96. The molecule has 1 rings (SSSR count). The maximum absolute atomic E-state index is 11.8. The minimum Gasteiger partial charge on any atom is -0.354 e. The maximum Gasteiger partial charge on any atom is 0.225 e. The average Bonchev–Trinajstić information content (AvgIpc) is 2.34. The summed E-state index contributed by atoms with van der Waals surface area (Å²) >= 11 is 5.94. The summed E-state index contributed by atoms with van der Waals surface area (Å²) in [6.07, 6.45) is 0. The Balaban J connectivity index is 2.76. The number of carbonyl (C=O) groups is 2. The fourth-order valence-corrected chi connectivity index (χ4v) is 2.14. The molecule has 0 fully saturated rings. The van der Waals surface area contributed by atoms with E-state index in [1.165, 1.54) is 6.92 Å². The van der Waals surface area contributed by atoms with Crippen LogP contribution in [0.3, 0.4) is 0 Å². The van der Waals surface area contributed by atoms with Gasteiger partial charge in [-0.1, -0.05) is 32.4 Å². The van der Waals surface area contributed by atoms with Gasteiger partial charge in [0.1, 0.15) is 0 Å². The van der Waals surface area contributed by atoms with Crippen molar-refractivity contribution in [3.8, 4) is 0 Å². The molecule has 0 saturated carbocycles. The first-order chi connectivity index (χ1) is 9.62. The van der Waals surface area contributed by atoms with Gasteiger partial charge in [-0.15, -0.1) is 0 Å². The van der Waals surface area contributed by atoms with Crippen LogP contribution in [0.1, 0.15) is 33.3 Å². The zero-order valence-corrected chi connectivity index (χ0v) is 14.0. The second kappa shape index (κ2) is 6.94. The van der Waals surface area contributed by atoms with Crippen LogP contribution in [0.15, 0.2) is 18.2 Å². The van der Waals surface area contributed by atoms with Crippen molar-refractivity contribution in [1.29, 1.82) is 0 Å². The number of nitrogens with one attached hydrogen (secondary N) is 1. The van der Waals surface area contributed by atoms with Crippen LogP contribution in [0.4, 0.5) is 5.69 Å². The van der Waals surface area contributed by atoms with Crippen LogP contribution in [0, 0.1) is 12.3 Å². The lowest BCUT2D eigenvalue weighted by molar-refractivity contribution is -0.128. The van der Waals surface area contributed by atoms with Crippen molar-refractivity contribution in [2.24, 2.45) is 5.41 Å². The predicted octanol–water partition coefficient (Wildman–Crippen LogP) is 3.16. The molecule has 0 aliphatic carbocycles. The van der Waals surface area contributed by atoms with Gasteiger partial charge >= 0.3 is 0 Å². The Hall–Kier alpha value is -1.55. The second-order valence-corrected chi connectivity index (χ2v) is 6.54. The number of hydrogen-bond donors (Lipinski definition) is 1. The van der Waals surface area contributed by atoms with Gasteiger partial charge in [-0.05, 0) is 30.7 Å². The Morgan fingerprint density at radius 1 is 1.29 bits per heavy atom. The van der Waals surface area contributed by atoms with Crippen molar-refractivity contribution >= 4 is 29.1 Å². The Bertz CT molecular complexity index is 536. The number of carbonyl (C=O) groups excluding carboxylic acids is 2. The third kappa shape index (κ3) is 5.05. The molecule has 1 N–H and O–H groups in total. The average molecular weight is 311 g/mol. The van der Waals surface area contributed by atoms with E-state index < -0.39 is 5.41 Å². The summed E-state index contributed by atoms with van der Waals surface area (Å²) in [5.41, 5.74) is 1.31. The molecule has 0 radical (unpaired) electrons. The van der Waals surface area contributed by atoms with Crippen LogP contribution in [-0.4, -0.2) is 24.9 Å². The molecule has 0 unspecified atom stereocenters. The molecule has 2 amide bonds. The van der Waals surface area contributed by atoms with Crippen LogP contribution in [0.2, 0.25) is 5.02 Å². The summed E-state index contributed by atoms with van der Waals surface area (Å²) in [6.45, 7) is 9.83. The topological polar surface area (TPSA) is 49.4 Å². The van der Waals surface area contributed by atoms with Crippen LogP contribution in [0.25, 0.3) is 0 Å². The lowest BCUT2D eigenvalue weighted by Gasteiger charge is -2.24. The number of rotatable bonds is 4. The predicted molar refractivity (Wildman–Crippen MR) is 86.7 cm³/mol. The number of amides is 2. The fourth-order valence-electron chi connectivity index (χ4n) is 1.92. The van der Waals surface area contributed by atoms with Crippen molar-refractivity contribution < 1.29 is 9.59 Å². The number of halogens is 1. The maximum atomic E-state index is 11.8. The first kappa shape index (κ1) is 17.5. The van der Waals surface area contributed by atoms with Crippen LogP contribution >= 0.6 is 11.6 Å². The minimum atomic E-state index is -0.433. The molecule has 0 bridgehead atoms. The molecule has 0 aliphatic heterocycles. The Morgan fingerprint density at radius 2 is 1.90 bits per heavy atom. The molecule has 0 atom stereocenters. The monoisotopic (exact) mass is 310 g/mol. The standard InChI is InChI=1S/C16H23ClN2O2/c1-11-10-13(17)6-7-14(11)19(12(2)20)9-8-18-15(21)16(3,4)5/h6-7,10H,8-9H2,1-5H3,(H,18,21). The van der Waals surface area contributed by atoms with Gasteiger partial charge in [0.2, 0.25) is 11.8 Å². The highest BCUT2D eigenvalue weighted by atomic mass is 35.5. The van der Waals surface area contributed by atoms with Crippen LogP contribution in [0.5, 0.6) is 0 Å². The van der Waals surface area contributed by atoms with Gasteiger partial charge in [0, 0.05) is 36.1 Å². The van der Waals surface area contributed by atoms with E-state index in [1.54, 1.807) is 11.0 Å². The third-order valence-corrected chi connectivity index (χ3v) is 3.37. The minimum absolute atomic E-state index is 0.0289. The molecular weight excluding hydrogens is 288 g/mol. The first-order valence-corrected chi connectivity index (χ1v) is 7.33. The van der Waals surface area contributed by atoms with Gasteiger partial charge in [-0.25, -0.2) is 0 Å². The summed E-state index contributed by atoms with van der Waals surface area (Å²) in [5.74, 6) is -0.0933. The normalized spacial score (nSPS) is 11.1. The van der Waals surface area contributed by atoms with E-state index in [0.29, 0.717) is 18.1 Å². The van der Waals surface area contributed by atoms with Crippen LogP contribution < -0.4 is 10.2 Å². The largest absolute Gasteiger partial charge is 0.354 e. The molecule has 1 aromatic carbocycles. The number of nitrogens with zero attached hydrogens (tertiary/aromatic N) is 1. The highest BCUT2D eigenvalue weighted by Crippen LogP contribution is 2.23. The number of benzene rings is 1. The van der Waals surface area contributed by atoms with E-state index in [0.717, 1.165) is 11.3 Å². The summed E-state index contributed by atoms with van der Waals surface area (Å²) in [5, 5.41) is 3.49. The molecule has 4 nitrogen and oxygen atoms in total. The van der Waals surface area contributed by atoms with E-state index >= 15 is 0 Å². The molecule has 0 aliphatic rings. The molecule has 0 aromatic heterocycles. The van der Waals surface area contributed by atoms with E-state index in [4.69, 9.17) is 11.6 Å². The van der Waals surface area contributed by atoms with Crippen molar-refractivity contribution in [2.45, 2.75) is 34.6 Å². The Kier molecular flexibility index (Phi) is 5.78. The van der Waals surface area contributed by atoms with Crippen molar-refractivity contribution in [3.05, 3.63) is 28.8 Å². The van der Waals surface area contributed by atoms with Gasteiger partial charge in [0.05, 0.1) is 0 Å². The molecule has 21 heavy (non-hydrogen) atoms. The van der Waals surface area contributed by atoms with Gasteiger partial charge in [-0.3, -0.25) is 9.59 Å². The van der Waals surface area contributed by atoms with Crippen molar-refractivity contribution in [2.75, 3.05) is 18.0 Å². The van der Waals surface area contributed by atoms with Gasteiger partial charge in [0.25, 0.3) is 0 Å². The number of aryl methyl sites for hydroxylation is 1. The van der Waals surface area contributed by atoms with Gasteiger partial charge in [-0.2, -0.15) is 0 Å². The Morgan fingerprint density at radius 3 is 2.38 bits per heavy atom. The summed E-state index contributed by atoms with van der Waals surface area (Å²) in [4.78, 5) is 25.3. The Labute approximate surface area is 131 Å². The summed E-state index contributed by atoms with van der Waals surface area (Å²) < 4.78 is 0.